The van der Waals surface area contributed by atoms with Crippen molar-refractivity contribution in [3.05, 3.63) is 72.9 Å². The van der Waals surface area contributed by atoms with Gasteiger partial charge < -0.3 is 9.84 Å². The van der Waals surface area contributed by atoms with E-state index < -0.39 is 5.97 Å². The van der Waals surface area contributed by atoms with Gasteiger partial charge in [0, 0.05) is 12.8 Å². The Labute approximate surface area is 259 Å². The highest BCUT2D eigenvalue weighted by molar-refractivity contribution is 5.69. The van der Waals surface area contributed by atoms with Crippen LogP contribution < -0.4 is 0 Å². The maximum Gasteiger partial charge on any atom is 0.305 e. The summed E-state index contributed by atoms with van der Waals surface area (Å²) >= 11 is 0. The molecule has 0 bridgehead atoms. The van der Waals surface area contributed by atoms with Gasteiger partial charge in [0.15, 0.2) is 0 Å². The van der Waals surface area contributed by atoms with Gasteiger partial charge in [0.25, 0.3) is 0 Å². The normalized spacial score (nSPS) is 12.0. The Morgan fingerprint density at radius 2 is 0.833 bits per heavy atom. The summed E-state index contributed by atoms with van der Waals surface area (Å²) < 4.78 is 4.90. The number of esters is 1. The smallest absolute Gasteiger partial charge is 0.305 e. The number of hydrogen-bond acceptors (Lipinski definition) is 3. The predicted molar refractivity (Wildman–Crippen MR) is 183 cm³/mol. The number of carboxylic acids is 1. The number of aliphatic carboxylic acids is 1. The lowest BCUT2D eigenvalue weighted by Crippen LogP contribution is -2.03. The predicted octanol–water partition coefficient (Wildman–Crippen LogP) is 11.8. The van der Waals surface area contributed by atoms with Crippen LogP contribution in [0, 0.1) is 0 Å². The van der Waals surface area contributed by atoms with Crippen molar-refractivity contribution >= 4 is 11.9 Å². The summed E-state index contributed by atoms with van der Waals surface area (Å²) in [5, 5.41) is 8.50. The van der Waals surface area contributed by atoms with Gasteiger partial charge in [0.1, 0.15) is 0 Å². The lowest BCUT2D eigenvalue weighted by molar-refractivity contribution is -0.143. The van der Waals surface area contributed by atoms with E-state index in [0.717, 1.165) is 77.0 Å². The molecular weight excluding hydrogens is 520 g/mol. The van der Waals surface area contributed by atoms with Gasteiger partial charge in [-0.15, -0.1) is 0 Å². The Bertz CT molecular complexity index is 755. The molecule has 4 heteroatoms. The first-order valence-corrected chi connectivity index (χ1v) is 16.9. The quantitative estimate of drug-likeness (QED) is 0.0592. The number of ether oxygens (including phenoxy) is 1. The molecule has 42 heavy (non-hydrogen) atoms. The third-order valence-electron chi connectivity index (χ3n) is 6.38. The van der Waals surface area contributed by atoms with E-state index >= 15 is 0 Å². The van der Waals surface area contributed by atoms with Crippen LogP contribution in [0.2, 0.25) is 0 Å². The van der Waals surface area contributed by atoms with E-state index in [1.807, 2.05) is 6.92 Å². The Morgan fingerprint density at radius 3 is 1.24 bits per heavy atom. The summed E-state index contributed by atoms with van der Waals surface area (Å²) in [5.74, 6) is -0.727. The zero-order chi connectivity index (χ0) is 31.2. The Hall–Kier alpha value is -2.62. The van der Waals surface area contributed by atoms with Crippen molar-refractivity contribution in [3.8, 4) is 0 Å². The number of allylic oxidation sites excluding steroid dienone is 12. The summed E-state index contributed by atoms with van der Waals surface area (Å²) in [5.41, 5.74) is 0. The number of unbranched alkanes of at least 4 members (excludes halogenated alkanes) is 10. The molecule has 0 aliphatic heterocycles. The number of hydrogen-bond donors (Lipinski definition) is 1. The summed E-state index contributed by atoms with van der Waals surface area (Å²) in [7, 11) is 0. The fraction of sp³-hybridized carbons (Fsp3) is 0.632. The van der Waals surface area contributed by atoms with E-state index in [-0.39, 0.29) is 5.97 Å². The van der Waals surface area contributed by atoms with Crippen molar-refractivity contribution in [2.75, 3.05) is 6.61 Å². The molecule has 0 unspecified atom stereocenters. The zero-order valence-corrected chi connectivity index (χ0v) is 27.4. The average Bonchev–Trinajstić information content (AvgIpc) is 2.97. The number of carboxylic acid groups (broad SMARTS) is 1. The standard InChI is InChI=1S/C20H34O2.C18H30O2/c1-3-5-6-7-8-9-10-11-12-13-14-15-16-17-18-19-20(21)22-4-2;1-2-3-4-5-6-7-8-9-10-11-12-13-14-15-16-17-18(19)20/h5-6,8-9,11-12H,3-4,7,10,13-19H2,1-2H3;3-4,6-7,9-10H,2,5,8,11-17H2,1H3,(H,19,20)/b6-5-,9-8-,12-11-;4-3-,7-6-,10-9-. The molecule has 0 saturated carbocycles. The molecule has 0 saturated heterocycles. The molecule has 0 spiro atoms. The molecule has 1 N–H and O–H groups in total. The van der Waals surface area contributed by atoms with Crippen molar-refractivity contribution in [1.82, 2.24) is 0 Å². The summed E-state index contributed by atoms with van der Waals surface area (Å²) in [6.07, 6.45) is 47.6. The minimum Gasteiger partial charge on any atom is -0.481 e. The third kappa shape index (κ3) is 41.9. The van der Waals surface area contributed by atoms with E-state index in [0.29, 0.717) is 19.4 Å². The van der Waals surface area contributed by atoms with Gasteiger partial charge in [-0.25, -0.2) is 0 Å². The van der Waals surface area contributed by atoms with Gasteiger partial charge in [-0.3, -0.25) is 9.59 Å². The highest BCUT2D eigenvalue weighted by Crippen LogP contribution is 2.09. The monoisotopic (exact) mass is 584 g/mol. The van der Waals surface area contributed by atoms with Crippen LogP contribution in [0.3, 0.4) is 0 Å². The van der Waals surface area contributed by atoms with Gasteiger partial charge in [0.05, 0.1) is 6.61 Å². The second-order valence-electron chi connectivity index (χ2n) is 10.4. The molecule has 0 fully saturated rings. The van der Waals surface area contributed by atoms with Crippen LogP contribution in [0.1, 0.15) is 149 Å². The second kappa shape index (κ2) is 38.4. The molecule has 0 aliphatic carbocycles. The Balaban J connectivity index is 0. The lowest BCUT2D eigenvalue weighted by Gasteiger charge is -2.01. The van der Waals surface area contributed by atoms with E-state index in [1.54, 1.807) is 0 Å². The molecule has 0 amide bonds. The fourth-order valence-electron chi connectivity index (χ4n) is 4.02. The molecule has 4 nitrogen and oxygen atoms in total. The van der Waals surface area contributed by atoms with E-state index in [2.05, 4.69) is 86.8 Å². The Morgan fingerprint density at radius 1 is 0.476 bits per heavy atom. The lowest BCUT2D eigenvalue weighted by atomic mass is 10.1. The summed E-state index contributed by atoms with van der Waals surface area (Å²) in [6.45, 7) is 6.65. The van der Waals surface area contributed by atoms with Crippen molar-refractivity contribution in [1.29, 1.82) is 0 Å². The second-order valence-corrected chi connectivity index (χ2v) is 10.4. The van der Waals surface area contributed by atoms with Gasteiger partial charge in [-0.1, -0.05) is 125 Å². The van der Waals surface area contributed by atoms with Crippen molar-refractivity contribution in [2.45, 2.75) is 149 Å². The number of rotatable bonds is 27. The molecule has 0 atom stereocenters. The molecule has 0 radical (unpaired) electrons. The van der Waals surface area contributed by atoms with Crippen LogP contribution >= 0.6 is 0 Å². The largest absolute Gasteiger partial charge is 0.481 e. The zero-order valence-electron chi connectivity index (χ0n) is 27.4. The maximum atomic E-state index is 11.1. The first kappa shape index (κ1) is 41.5. The SMILES string of the molecule is CC/C=C\C/C=C\C/C=C\CCCCCCCC(=O)O.CC/C=C\C/C=C\C/C=C\CCCCCCCC(=O)OCC. The summed E-state index contributed by atoms with van der Waals surface area (Å²) in [6, 6.07) is 0. The van der Waals surface area contributed by atoms with Gasteiger partial charge in [-0.2, -0.15) is 0 Å². The van der Waals surface area contributed by atoms with E-state index in [9.17, 15) is 9.59 Å². The summed E-state index contributed by atoms with van der Waals surface area (Å²) in [4.78, 5) is 21.5. The van der Waals surface area contributed by atoms with Crippen LogP contribution in [-0.2, 0) is 14.3 Å². The molecule has 0 aromatic heterocycles. The fourth-order valence-corrected chi connectivity index (χ4v) is 4.02. The van der Waals surface area contributed by atoms with Crippen molar-refractivity contribution in [3.63, 3.8) is 0 Å². The minimum atomic E-state index is -0.675. The van der Waals surface area contributed by atoms with Gasteiger partial charge in [-0.05, 0) is 84.0 Å². The first-order valence-electron chi connectivity index (χ1n) is 16.9. The van der Waals surface area contributed by atoms with Crippen LogP contribution in [0.25, 0.3) is 0 Å². The molecular formula is C38H64O4. The molecule has 0 aliphatic rings. The average molecular weight is 585 g/mol. The minimum absolute atomic E-state index is 0.0522. The van der Waals surface area contributed by atoms with E-state index in [1.165, 1.54) is 38.5 Å². The highest BCUT2D eigenvalue weighted by Gasteiger charge is 2.00. The molecule has 0 heterocycles. The third-order valence-corrected chi connectivity index (χ3v) is 6.38. The van der Waals surface area contributed by atoms with Crippen LogP contribution in [0.4, 0.5) is 0 Å². The van der Waals surface area contributed by atoms with E-state index in [4.69, 9.17) is 9.84 Å². The highest BCUT2D eigenvalue weighted by atomic mass is 16.5. The number of carbonyl (C=O) groups is 2. The van der Waals surface area contributed by atoms with Crippen LogP contribution in [0.15, 0.2) is 72.9 Å². The van der Waals surface area contributed by atoms with Gasteiger partial charge >= 0.3 is 11.9 Å². The number of carbonyl (C=O) groups excluding carboxylic acids is 1. The molecule has 240 valence electrons. The first-order chi connectivity index (χ1) is 20.6. The topological polar surface area (TPSA) is 63.6 Å². The van der Waals surface area contributed by atoms with Crippen molar-refractivity contribution in [2.24, 2.45) is 0 Å². The molecule has 0 aromatic rings. The van der Waals surface area contributed by atoms with Crippen molar-refractivity contribution < 1.29 is 19.4 Å². The molecule has 0 rings (SSSR count). The molecule has 0 aromatic carbocycles. The maximum absolute atomic E-state index is 11.1. The Kier molecular flexibility index (Phi) is 37.9. The van der Waals surface area contributed by atoms with Crippen LogP contribution in [-0.4, -0.2) is 23.7 Å². The van der Waals surface area contributed by atoms with Crippen LogP contribution in [0.5, 0.6) is 0 Å². The van der Waals surface area contributed by atoms with Gasteiger partial charge in [0.2, 0.25) is 0 Å².